The minimum Gasteiger partial charge on any atom is -0.365 e. The average Bonchev–Trinajstić information content (AvgIpc) is 3.02. The molecule has 0 aliphatic carbocycles. The van der Waals surface area contributed by atoms with Gasteiger partial charge in [0.15, 0.2) is 0 Å². The molecule has 1 aromatic heterocycles. The Morgan fingerprint density at radius 2 is 1.93 bits per heavy atom. The number of fused-ring (bicyclic) bond motifs is 1. The lowest BCUT2D eigenvalue weighted by atomic mass is 10.0. The molecule has 2 heterocycles. The summed E-state index contributed by atoms with van der Waals surface area (Å²) >= 11 is 12.0. The normalized spacial score (nSPS) is 14.1. The summed E-state index contributed by atoms with van der Waals surface area (Å²) in [5, 5.41) is 7.41. The van der Waals surface area contributed by atoms with Crippen LogP contribution in [0.15, 0.2) is 18.2 Å². The minimum atomic E-state index is -2.73. The van der Waals surface area contributed by atoms with E-state index >= 15 is 0 Å². The van der Waals surface area contributed by atoms with Crippen molar-refractivity contribution < 1.29 is 18.4 Å². The van der Waals surface area contributed by atoms with Gasteiger partial charge in [0.05, 0.1) is 39.9 Å². The first kappa shape index (κ1) is 21.3. The first-order chi connectivity index (χ1) is 13.5. The van der Waals surface area contributed by atoms with Crippen molar-refractivity contribution in [3.63, 3.8) is 0 Å². The fraction of sp³-hybridized carbons (Fsp3) is 0.389. The summed E-state index contributed by atoms with van der Waals surface area (Å²) in [6.07, 6.45) is -2.73. The van der Waals surface area contributed by atoms with Crippen LogP contribution in [0.3, 0.4) is 0 Å². The van der Waals surface area contributed by atoms with E-state index in [-0.39, 0.29) is 25.2 Å². The maximum atomic E-state index is 13.1. The number of urea groups is 1. The molecule has 0 saturated heterocycles. The van der Waals surface area contributed by atoms with Gasteiger partial charge in [0.1, 0.15) is 5.69 Å². The molecule has 2 aromatic rings. The topological polar surface area (TPSA) is 93.2 Å². The number of rotatable bonds is 4. The molecule has 0 fully saturated rings. The van der Waals surface area contributed by atoms with Gasteiger partial charge in [-0.05, 0) is 26.0 Å². The lowest BCUT2D eigenvalue weighted by Gasteiger charge is -2.32. The van der Waals surface area contributed by atoms with E-state index in [0.29, 0.717) is 27.0 Å². The Morgan fingerprint density at radius 1 is 1.24 bits per heavy atom. The zero-order valence-electron chi connectivity index (χ0n) is 15.7. The zero-order valence-corrected chi connectivity index (χ0v) is 17.2. The molecule has 3 N–H and O–H groups in total. The first-order valence-electron chi connectivity index (χ1n) is 8.71. The van der Waals surface area contributed by atoms with Crippen LogP contribution in [-0.4, -0.2) is 45.1 Å². The largest absolute Gasteiger partial charge is 0.365 e. The van der Waals surface area contributed by atoms with Crippen LogP contribution < -0.4 is 11.1 Å². The summed E-state index contributed by atoms with van der Waals surface area (Å²) in [6.45, 7) is 2.98. The Morgan fingerprint density at radius 3 is 2.52 bits per heavy atom. The number of alkyl halides is 2. The van der Waals surface area contributed by atoms with E-state index < -0.39 is 23.9 Å². The lowest BCUT2D eigenvalue weighted by Crippen LogP contribution is -2.55. The molecule has 1 aliphatic rings. The Labute approximate surface area is 175 Å². The predicted molar refractivity (Wildman–Crippen MR) is 105 cm³/mol. The molecule has 0 radical (unpaired) electrons. The molecule has 3 rings (SSSR count). The summed E-state index contributed by atoms with van der Waals surface area (Å²) in [7, 11) is 0. The zero-order chi connectivity index (χ0) is 21.5. The van der Waals surface area contributed by atoms with Crippen LogP contribution in [0.5, 0.6) is 0 Å². The smallest absolute Gasteiger partial charge is 0.318 e. The van der Waals surface area contributed by atoms with Gasteiger partial charge >= 0.3 is 6.03 Å². The number of benzene rings is 1. The minimum absolute atomic E-state index is 0.00224. The second-order valence-electron chi connectivity index (χ2n) is 7.26. The number of aromatic nitrogens is 2. The molecule has 0 bridgehead atoms. The summed E-state index contributed by atoms with van der Waals surface area (Å²) < 4.78 is 27.7. The highest BCUT2D eigenvalue weighted by atomic mass is 35.5. The van der Waals surface area contributed by atoms with E-state index in [1.807, 2.05) is 0 Å². The second-order valence-corrected chi connectivity index (χ2v) is 8.08. The number of hydrogen-bond donors (Lipinski definition) is 2. The van der Waals surface area contributed by atoms with Gasteiger partial charge in [-0.1, -0.05) is 29.3 Å². The van der Waals surface area contributed by atoms with Gasteiger partial charge in [-0.15, -0.1) is 0 Å². The van der Waals surface area contributed by atoms with E-state index in [4.69, 9.17) is 28.9 Å². The number of amides is 3. The molecule has 3 amide bonds. The van der Waals surface area contributed by atoms with Gasteiger partial charge in [0, 0.05) is 12.1 Å². The molecule has 7 nitrogen and oxygen atoms in total. The predicted octanol–water partition coefficient (Wildman–Crippen LogP) is 3.52. The second kappa shape index (κ2) is 7.79. The molecule has 29 heavy (non-hydrogen) atoms. The van der Waals surface area contributed by atoms with Crippen molar-refractivity contribution in [2.45, 2.75) is 38.9 Å². The fourth-order valence-electron chi connectivity index (χ4n) is 3.00. The van der Waals surface area contributed by atoms with Crippen molar-refractivity contribution in [2.24, 2.45) is 5.73 Å². The highest BCUT2D eigenvalue weighted by molar-refractivity contribution is 6.42. The van der Waals surface area contributed by atoms with E-state index in [2.05, 4.69) is 10.4 Å². The molecule has 156 valence electrons. The number of carbonyl (C=O) groups is 2. The van der Waals surface area contributed by atoms with Crippen LogP contribution in [0.25, 0.3) is 11.3 Å². The van der Waals surface area contributed by atoms with Gasteiger partial charge in [0.2, 0.25) is 0 Å². The Hall–Kier alpha value is -2.39. The number of nitrogens with two attached hydrogens (primary N) is 1. The number of nitrogens with one attached hydrogen (secondary N) is 1. The van der Waals surface area contributed by atoms with Gasteiger partial charge in [-0.3, -0.25) is 9.48 Å². The van der Waals surface area contributed by atoms with Crippen molar-refractivity contribution in [2.75, 3.05) is 6.54 Å². The number of nitrogens with zero attached hydrogens (tertiary/aromatic N) is 3. The van der Waals surface area contributed by atoms with Gasteiger partial charge in [0.25, 0.3) is 12.3 Å². The number of hydrogen-bond acceptors (Lipinski definition) is 3. The molecule has 11 heteroatoms. The third kappa shape index (κ3) is 4.16. The maximum Gasteiger partial charge on any atom is 0.318 e. The van der Waals surface area contributed by atoms with E-state index in [1.54, 1.807) is 22.9 Å². The van der Waals surface area contributed by atoms with Crippen molar-refractivity contribution in [1.82, 2.24) is 20.0 Å². The Bertz CT molecular complexity index is 977. The van der Waals surface area contributed by atoms with Crippen LogP contribution in [0.2, 0.25) is 10.0 Å². The quantitative estimate of drug-likeness (QED) is 0.753. The molecular weight excluding hydrogens is 427 g/mol. The van der Waals surface area contributed by atoms with Crippen molar-refractivity contribution in [1.29, 1.82) is 0 Å². The van der Waals surface area contributed by atoms with Crippen LogP contribution in [0, 0.1) is 0 Å². The van der Waals surface area contributed by atoms with Crippen LogP contribution in [0.1, 0.15) is 29.9 Å². The maximum absolute atomic E-state index is 13.1. The van der Waals surface area contributed by atoms with Crippen molar-refractivity contribution in [3.8, 4) is 11.3 Å². The summed E-state index contributed by atoms with van der Waals surface area (Å²) in [4.78, 5) is 26.0. The SMILES string of the molecule is CC(C)(NC(=O)N1CCn2nc(-c3ccc(Cl)c(Cl)c3)c(C(N)=O)c2C1)C(F)F. The molecular formula is C18H19Cl2F2N5O2. The summed E-state index contributed by atoms with van der Waals surface area (Å²) in [6, 6.07) is 4.15. The standard InChI is InChI=1S/C18H19Cl2F2N5O2/c1-18(2,16(21)22)24-17(29)26-5-6-27-12(8-26)13(15(23)28)14(25-27)9-3-4-10(19)11(20)7-9/h3-4,7,16H,5-6,8H2,1-2H3,(H2,23,28)(H,24,29). The Balaban J connectivity index is 1.94. The van der Waals surface area contributed by atoms with E-state index in [9.17, 15) is 18.4 Å². The molecule has 0 atom stereocenters. The monoisotopic (exact) mass is 445 g/mol. The van der Waals surface area contributed by atoms with E-state index in [0.717, 1.165) is 0 Å². The molecule has 0 saturated carbocycles. The lowest BCUT2D eigenvalue weighted by molar-refractivity contribution is 0.0515. The third-order valence-electron chi connectivity index (χ3n) is 4.68. The Kier molecular flexibility index (Phi) is 5.73. The molecule has 0 unspecified atom stereocenters. The van der Waals surface area contributed by atoms with E-state index in [1.165, 1.54) is 18.7 Å². The van der Waals surface area contributed by atoms with Crippen LogP contribution in [0.4, 0.5) is 13.6 Å². The number of halogens is 4. The highest BCUT2D eigenvalue weighted by Crippen LogP contribution is 2.32. The molecule has 0 spiro atoms. The fourth-order valence-corrected chi connectivity index (χ4v) is 3.30. The van der Waals surface area contributed by atoms with Crippen LogP contribution in [-0.2, 0) is 13.1 Å². The first-order valence-corrected chi connectivity index (χ1v) is 9.47. The average molecular weight is 446 g/mol. The molecule has 1 aromatic carbocycles. The van der Waals surface area contributed by atoms with Crippen LogP contribution >= 0.6 is 23.2 Å². The van der Waals surface area contributed by atoms with Gasteiger partial charge in [-0.25, -0.2) is 13.6 Å². The summed E-state index contributed by atoms with van der Waals surface area (Å²) in [5.74, 6) is -0.720. The van der Waals surface area contributed by atoms with Gasteiger partial charge < -0.3 is 16.0 Å². The number of primary amides is 1. The third-order valence-corrected chi connectivity index (χ3v) is 5.42. The van der Waals surface area contributed by atoms with Crippen molar-refractivity contribution in [3.05, 3.63) is 39.5 Å². The molecule has 1 aliphatic heterocycles. The summed E-state index contributed by atoms with van der Waals surface area (Å²) in [5.41, 5.74) is 5.33. The van der Waals surface area contributed by atoms with Gasteiger partial charge in [-0.2, -0.15) is 5.10 Å². The van der Waals surface area contributed by atoms with Crippen molar-refractivity contribution >= 4 is 35.1 Å². The highest BCUT2D eigenvalue weighted by Gasteiger charge is 2.35. The number of carbonyl (C=O) groups excluding carboxylic acids is 2.